The third-order valence-electron chi connectivity index (χ3n) is 3.66. The minimum atomic E-state index is 0.461. The molecule has 1 unspecified atom stereocenters. The molecule has 0 spiro atoms. The van der Waals surface area contributed by atoms with Crippen molar-refractivity contribution in [1.82, 2.24) is 15.2 Å². The van der Waals surface area contributed by atoms with E-state index in [4.69, 9.17) is 0 Å². The van der Waals surface area contributed by atoms with E-state index in [1.54, 1.807) is 0 Å². The van der Waals surface area contributed by atoms with Crippen LogP contribution in [0, 0.1) is 6.92 Å². The highest BCUT2D eigenvalue weighted by molar-refractivity contribution is 5.73. The lowest BCUT2D eigenvalue weighted by atomic mass is 10.1. The molecule has 1 aromatic carbocycles. The van der Waals surface area contributed by atoms with Crippen molar-refractivity contribution >= 4 is 5.69 Å². The van der Waals surface area contributed by atoms with E-state index in [1.165, 1.54) is 32.1 Å². The highest BCUT2D eigenvalue weighted by atomic mass is 15.2. The molecule has 1 heterocycles. The van der Waals surface area contributed by atoms with Gasteiger partial charge in [-0.15, -0.1) is 0 Å². The Morgan fingerprint density at radius 2 is 2.00 bits per heavy atom. The molecule has 0 amide bonds. The van der Waals surface area contributed by atoms with Gasteiger partial charge in [0.1, 0.15) is 5.82 Å². The molecule has 0 aliphatic carbocycles. The first kappa shape index (κ1) is 15.5. The molecule has 2 N–H and O–H groups in total. The van der Waals surface area contributed by atoms with Gasteiger partial charge in [-0.1, -0.05) is 44.7 Å². The smallest absolute Gasteiger partial charge is 0.183 e. The summed E-state index contributed by atoms with van der Waals surface area (Å²) in [5.41, 5.74) is 2.17. The number of H-pyrrole nitrogens is 1. The van der Waals surface area contributed by atoms with Crippen LogP contribution in [0.3, 0.4) is 0 Å². The van der Waals surface area contributed by atoms with Crippen molar-refractivity contribution in [3.63, 3.8) is 0 Å². The van der Waals surface area contributed by atoms with Crippen molar-refractivity contribution in [2.45, 2.75) is 58.9 Å². The Labute approximate surface area is 127 Å². The van der Waals surface area contributed by atoms with Crippen LogP contribution in [-0.4, -0.2) is 21.2 Å². The molecular formula is C17H26N4. The predicted molar refractivity (Wildman–Crippen MR) is 88.4 cm³/mol. The van der Waals surface area contributed by atoms with Gasteiger partial charge in [0, 0.05) is 17.3 Å². The van der Waals surface area contributed by atoms with Crippen molar-refractivity contribution < 1.29 is 0 Å². The summed E-state index contributed by atoms with van der Waals surface area (Å²) in [4.78, 5) is 4.43. The van der Waals surface area contributed by atoms with Gasteiger partial charge in [-0.25, -0.2) is 4.98 Å². The van der Waals surface area contributed by atoms with Gasteiger partial charge in [0.2, 0.25) is 0 Å². The summed E-state index contributed by atoms with van der Waals surface area (Å²) in [7, 11) is 0. The number of para-hydroxylation sites is 1. The van der Waals surface area contributed by atoms with E-state index in [-0.39, 0.29) is 0 Å². The van der Waals surface area contributed by atoms with Crippen LogP contribution in [0.5, 0.6) is 0 Å². The minimum Gasteiger partial charge on any atom is -0.382 e. The van der Waals surface area contributed by atoms with Gasteiger partial charge in [0.25, 0.3) is 0 Å². The molecule has 0 bridgehead atoms. The zero-order valence-electron chi connectivity index (χ0n) is 13.3. The lowest BCUT2D eigenvalue weighted by Gasteiger charge is -2.17. The normalized spacial score (nSPS) is 12.3. The summed E-state index contributed by atoms with van der Waals surface area (Å²) >= 11 is 0. The van der Waals surface area contributed by atoms with Gasteiger partial charge in [-0.2, -0.15) is 5.10 Å². The zero-order valence-corrected chi connectivity index (χ0v) is 13.3. The number of aromatic amines is 1. The molecule has 21 heavy (non-hydrogen) atoms. The zero-order chi connectivity index (χ0) is 15.1. The number of hydrogen-bond acceptors (Lipinski definition) is 3. The Kier molecular flexibility index (Phi) is 5.78. The maximum absolute atomic E-state index is 4.43. The van der Waals surface area contributed by atoms with E-state index < -0.39 is 0 Å². The molecule has 0 saturated carbocycles. The predicted octanol–water partition coefficient (Wildman–Crippen LogP) is 4.55. The third-order valence-corrected chi connectivity index (χ3v) is 3.66. The molecule has 4 heteroatoms. The van der Waals surface area contributed by atoms with Crippen LogP contribution in [0.25, 0.3) is 11.4 Å². The third kappa shape index (κ3) is 4.59. The van der Waals surface area contributed by atoms with Gasteiger partial charge < -0.3 is 5.32 Å². The Morgan fingerprint density at radius 1 is 1.19 bits per heavy atom. The second kappa shape index (κ2) is 7.81. The van der Waals surface area contributed by atoms with E-state index in [9.17, 15) is 0 Å². The van der Waals surface area contributed by atoms with Gasteiger partial charge >= 0.3 is 0 Å². The Hall–Kier alpha value is -1.84. The highest BCUT2D eigenvalue weighted by Gasteiger charge is 2.11. The summed E-state index contributed by atoms with van der Waals surface area (Å²) < 4.78 is 0. The maximum atomic E-state index is 4.43. The Balaban J connectivity index is 2.00. The number of unbranched alkanes of at least 4 members (excludes halogenated alkanes) is 3. The molecule has 0 fully saturated rings. The molecule has 4 nitrogen and oxygen atoms in total. The summed E-state index contributed by atoms with van der Waals surface area (Å²) in [6, 6.07) is 8.70. The molecule has 0 aliphatic heterocycles. The van der Waals surface area contributed by atoms with E-state index in [0.29, 0.717) is 6.04 Å². The Morgan fingerprint density at radius 3 is 2.71 bits per heavy atom. The van der Waals surface area contributed by atoms with E-state index >= 15 is 0 Å². The van der Waals surface area contributed by atoms with Crippen molar-refractivity contribution in [3.05, 3.63) is 30.1 Å². The van der Waals surface area contributed by atoms with Gasteiger partial charge in [-0.3, -0.25) is 5.10 Å². The first-order chi connectivity index (χ1) is 10.2. The summed E-state index contributed by atoms with van der Waals surface area (Å²) in [5.74, 6) is 1.60. The number of hydrogen-bond donors (Lipinski definition) is 2. The van der Waals surface area contributed by atoms with Crippen molar-refractivity contribution in [2.24, 2.45) is 0 Å². The van der Waals surface area contributed by atoms with Crippen molar-refractivity contribution in [3.8, 4) is 11.4 Å². The molecule has 114 valence electrons. The standard InChI is InChI=1S/C17H26N4/c1-4-5-6-7-10-13(2)18-16-12-9-8-11-15(16)17-19-14(3)20-21-17/h8-9,11-13,18H,4-7,10H2,1-3H3,(H,19,20,21). The quantitative estimate of drug-likeness (QED) is 0.700. The lowest BCUT2D eigenvalue weighted by Crippen LogP contribution is -2.15. The summed E-state index contributed by atoms with van der Waals surface area (Å²) in [6.07, 6.45) is 6.42. The largest absolute Gasteiger partial charge is 0.382 e. The molecular weight excluding hydrogens is 260 g/mol. The molecule has 0 radical (unpaired) electrons. The van der Waals surface area contributed by atoms with Crippen molar-refractivity contribution in [1.29, 1.82) is 0 Å². The van der Waals surface area contributed by atoms with E-state index in [0.717, 1.165) is 22.9 Å². The van der Waals surface area contributed by atoms with Crippen molar-refractivity contribution in [2.75, 3.05) is 5.32 Å². The number of anilines is 1. The SMILES string of the molecule is CCCCCCC(C)Nc1ccccc1-c1n[nH]c(C)n1. The average Bonchev–Trinajstić information content (AvgIpc) is 2.91. The molecule has 1 atom stereocenters. The number of nitrogens with one attached hydrogen (secondary N) is 2. The number of benzene rings is 1. The van der Waals surface area contributed by atoms with E-state index in [1.807, 2.05) is 13.0 Å². The van der Waals surface area contributed by atoms with Gasteiger partial charge in [0.05, 0.1) is 0 Å². The van der Waals surface area contributed by atoms with Crippen LogP contribution >= 0.6 is 0 Å². The van der Waals surface area contributed by atoms with Gasteiger partial charge in [0.15, 0.2) is 5.82 Å². The molecule has 2 aromatic rings. The van der Waals surface area contributed by atoms with Crippen LogP contribution in [0.2, 0.25) is 0 Å². The fraction of sp³-hybridized carbons (Fsp3) is 0.529. The number of rotatable bonds is 8. The first-order valence-electron chi connectivity index (χ1n) is 7.95. The van der Waals surface area contributed by atoms with E-state index in [2.05, 4.69) is 52.5 Å². The van der Waals surface area contributed by atoms with Crippen LogP contribution in [0.1, 0.15) is 51.8 Å². The Bertz CT molecular complexity index is 547. The average molecular weight is 286 g/mol. The maximum Gasteiger partial charge on any atom is 0.183 e. The highest BCUT2D eigenvalue weighted by Crippen LogP contribution is 2.26. The van der Waals surface area contributed by atoms with Crippen LogP contribution < -0.4 is 5.32 Å². The monoisotopic (exact) mass is 286 g/mol. The summed E-state index contributed by atoms with van der Waals surface area (Å²) in [5, 5.41) is 10.8. The lowest BCUT2D eigenvalue weighted by molar-refractivity contribution is 0.594. The summed E-state index contributed by atoms with van der Waals surface area (Å²) in [6.45, 7) is 6.41. The van der Waals surface area contributed by atoms with Crippen LogP contribution in [0.4, 0.5) is 5.69 Å². The topological polar surface area (TPSA) is 53.6 Å². The second-order valence-corrected chi connectivity index (χ2v) is 5.68. The molecule has 0 saturated heterocycles. The molecule has 2 rings (SSSR count). The van der Waals surface area contributed by atoms with Gasteiger partial charge in [-0.05, 0) is 32.4 Å². The number of aryl methyl sites for hydroxylation is 1. The van der Waals surface area contributed by atoms with Crippen LogP contribution in [0.15, 0.2) is 24.3 Å². The number of aromatic nitrogens is 3. The first-order valence-corrected chi connectivity index (χ1v) is 7.95. The second-order valence-electron chi connectivity index (χ2n) is 5.68. The van der Waals surface area contributed by atoms with Crippen LogP contribution in [-0.2, 0) is 0 Å². The number of nitrogens with zero attached hydrogens (tertiary/aromatic N) is 2. The molecule has 1 aromatic heterocycles. The fourth-order valence-corrected chi connectivity index (χ4v) is 2.48. The minimum absolute atomic E-state index is 0.461. The molecule has 0 aliphatic rings. The fourth-order valence-electron chi connectivity index (χ4n) is 2.48.